The second-order valence-electron chi connectivity index (χ2n) is 3.57. The normalized spacial score (nSPS) is 11.8. The Morgan fingerprint density at radius 2 is 2.24 bits per heavy atom. The van der Waals surface area contributed by atoms with Gasteiger partial charge in [0.2, 0.25) is 0 Å². The van der Waals surface area contributed by atoms with Crippen LogP contribution in [0.15, 0.2) is 18.2 Å². The van der Waals surface area contributed by atoms with E-state index < -0.39 is 12.1 Å². The van der Waals surface area contributed by atoms with Crippen molar-refractivity contribution in [1.82, 2.24) is 0 Å². The van der Waals surface area contributed by atoms with Gasteiger partial charge in [0, 0.05) is 11.4 Å². The maximum atomic E-state index is 10.6. The molecule has 0 aliphatic carbocycles. The van der Waals surface area contributed by atoms with Crippen LogP contribution in [0.25, 0.3) is 0 Å². The van der Waals surface area contributed by atoms with Crippen molar-refractivity contribution in [3.63, 3.8) is 0 Å². The lowest BCUT2D eigenvalue weighted by molar-refractivity contribution is -0.146. The Morgan fingerprint density at radius 3 is 2.76 bits per heavy atom. The second kappa shape index (κ2) is 6.24. The topological polar surface area (TPSA) is 81.3 Å². The molecule has 4 nitrogen and oxygen atoms in total. The lowest BCUT2D eigenvalue weighted by Crippen LogP contribution is -2.12. The van der Waals surface area contributed by atoms with Gasteiger partial charge >= 0.3 is 5.97 Å². The largest absolute Gasteiger partial charge is 0.479 e. The summed E-state index contributed by atoms with van der Waals surface area (Å²) in [7, 11) is 0. The number of benzene rings is 1. The van der Waals surface area contributed by atoms with Gasteiger partial charge in [-0.2, -0.15) is 5.26 Å². The maximum absolute atomic E-state index is 10.6. The van der Waals surface area contributed by atoms with Gasteiger partial charge in [-0.3, -0.25) is 0 Å². The minimum Gasteiger partial charge on any atom is -0.479 e. The molecule has 1 aromatic rings. The van der Waals surface area contributed by atoms with Crippen molar-refractivity contribution in [3.05, 3.63) is 34.9 Å². The summed E-state index contributed by atoms with van der Waals surface area (Å²) < 4.78 is 0. The first-order chi connectivity index (χ1) is 8.10. The smallest absolute Gasteiger partial charge is 0.337 e. The highest BCUT2D eigenvalue weighted by atomic mass is 35.5. The number of hydrogen-bond acceptors (Lipinski definition) is 3. The summed E-state index contributed by atoms with van der Waals surface area (Å²) in [6.07, 6.45) is -0.152. The van der Waals surface area contributed by atoms with Gasteiger partial charge in [0.05, 0.1) is 11.6 Å². The zero-order valence-electron chi connectivity index (χ0n) is 9.06. The summed E-state index contributed by atoms with van der Waals surface area (Å²) in [4.78, 5) is 10.6. The first kappa shape index (κ1) is 13.5. The van der Waals surface area contributed by atoms with E-state index in [0.717, 1.165) is 18.4 Å². The van der Waals surface area contributed by atoms with Crippen molar-refractivity contribution < 1.29 is 15.0 Å². The Balaban J connectivity index is 3.02. The van der Waals surface area contributed by atoms with Crippen molar-refractivity contribution in [2.75, 3.05) is 5.88 Å². The molecule has 1 rings (SSSR count). The molecule has 0 aliphatic rings. The fourth-order valence-corrected chi connectivity index (χ4v) is 1.63. The van der Waals surface area contributed by atoms with Gasteiger partial charge in [-0.1, -0.05) is 12.1 Å². The van der Waals surface area contributed by atoms with Gasteiger partial charge in [0.25, 0.3) is 0 Å². The van der Waals surface area contributed by atoms with Crippen molar-refractivity contribution in [2.24, 2.45) is 0 Å². The molecular formula is C12H12ClNO3. The Labute approximate surface area is 104 Å². The molecule has 1 atom stereocenters. The van der Waals surface area contributed by atoms with Gasteiger partial charge in [-0.05, 0) is 24.5 Å². The molecule has 0 bridgehead atoms. The van der Waals surface area contributed by atoms with Crippen LogP contribution < -0.4 is 0 Å². The first-order valence-electron chi connectivity index (χ1n) is 5.10. The Morgan fingerprint density at radius 1 is 1.53 bits per heavy atom. The molecule has 1 unspecified atom stereocenters. The number of alkyl halides is 1. The molecule has 0 spiro atoms. The van der Waals surface area contributed by atoms with Crippen LogP contribution in [0.4, 0.5) is 0 Å². The van der Waals surface area contributed by atoms with Crippen LogP contribution in [-0.4, -0.2) is 22.1 Å². The minimum atomic E-state index is -1.66. The molecule has 0 fully saturated rings. The fourth-order valence-electron chi connectivity index (χ4n) is 1.50. The molecule has 17 heavy (non-hydrogen) atoms. The number of carbonyl (C=O) groups is 1. The van der Waals surface area contributed by atoms with Gasteiger partial charge in [0.1, 0.15) is 0 Å². The summed E-state index contributed by atoms with van der Waals surface area (Å²) in [5.41, 5.74) is 1.21. The highest BCUT2D eigenvalue weighted by Crippen LogP contribution is 2.20. The number of nitrogens with zero attached hydrogens (tertiary/aromatic N) is 1. The van der Waals surface area contributed by atoms with Gasteiger partial charge in [-0.25, -0.2) is 4.79 Å². The number of rotatable bonds is 5. The van der Waals surface area contributed by atoms with E-state index in [2.05, 4.69) is 0 Å². The number of aliphatic hydroxyl groups excluding tert-OH is 1. The third-order valence-electron chi connectivity index (χ3n) is 2.37. The van der Waals surface area contributed by atoms with Gasteiger partial charge in [0.15, 0.2) is 6.10 Å². The minimum absolute atomic E-state index is 0.120. The van der Waals surface area contributed by atoms with E-state index >= 15 is 0 Å². The van der Waals surface area contributed by atoms with E-state index in [1.54, 1.807) is 12.1 Å². The Kier molecular flexibility index (Phi) is 4.95. The molecular weight excluding hydrogens is 242 g/mol. The fraction of sp³-hybridized carbons (Fsp3) is 0.333. The summed E-state index contributed by atoms with van der Waals surface area (Å²) in [5, 5.41) is 27.0. The van der Waals surface area contributed by atoms with E-state index in [0.29, 0.717) is 5.88 Å². The predicted octanol–water partition coefficient (Wildman–Crippen LogP) is 1.85. The van der Waals surface area contributed by atoms with Crippen LogP contribution in [-0.2, 0) is 11.2 Å². The standard InChI is InChI=1S/C12H12ClNO3/c13-5-1-2-8-3-4-10(9(6-8)7-14)11(15)12(16)17/h3-4,6,11,15H,1-2,5H2,(H,16,17). The lowest BCUT2D eigenvalue weighted by Gasteiger charge is -2.09. The molecule has 0 aromatic heterocycles. The van der Waals surface area contributed by atoms with Crippen molar-refractivity contribution >= 4 is 17.6 Å². The first-order valence-corrected chi connectivity index (χ1v) is 5.63. The second-order valence-corrected chi connectivity index (χ2v) is 3.94. The van der Waals surface area contributed by atoms with E-state index in [1.807, 2.05) is 6.07 Å². The van der Waals surface area contributed by atoms with Crippen LogP contribution in [0.2, 0.25) is 0 Å². The number of hydrogen-bond donors (Lipinski definition) is 2. The van der Waals surface area contributed by atoms with Crippen molar-refractivity contribution in [2.45, 2.75) is 18.9 Å². The van der Waals surface area contributed by atoms with Crippen molar-refractivity contribution in [1.29, 1.82) is 5.26 Å². The highest BCUT2D eigenvalue weighted by Gasteiger charge is 2.19. The average Bonchev–Trinajstić information content (AvgIpc) is 2.34. The summed E-state index contributed by atoms with van der Waals surface area (Å²) in [6.45, 7) is 0. The summed E-state index contributed by atoms with van der Waals surface area (Å²) in [5.74, 6) is -0.837. The molecule has 0 aliphatic heterocycles. The number of aliphatic hydroxyl groups is 1. The van der Waals surface area contributed by atoms with Crippen molar-refractivity contribution in [3.8, 4) is 6.07 Å². The third kappa shape index (κ3) is 3.45. The average molecular weight is 254 g/mol. The zero-order chi connectivity index (χ0) is 12.8. The van der Waals surface area contributed by atoms with Crippen LogP contribution >= 0.6 is 11.6 Å². The highest BCUT2D eigenvalue weighted by molar-refractivity contribution is 6.17. The van der Waals surface area contributed by atoms with Crippen LogP contribution in [0.5, 0.6) is 0 Å². The van der Waals surface area contributed by atoms with E-state index in [1.165, 1.54) is 6.07 Å². The van der Waals surface area contributed by atoms with Gasteiger partial charge in [-0.15, -0.1) is 11.6 Å². The van der Waals surface area contributed by atoms with E-state index in [4.69, 9.17) is 22.0 Å². The van der Waals surface area contributed by atoms with E-state index in [9.17, 15) is 9.90 Å². The number of aliphatic carboxylic acids is 1. The number of nitriles is 1. The zero-order valence-corrected chi connectivity index (χ0v) is 9.81. The third-order valence-corrected chi connectivity index (χ3v) is 2.63. The molecule has 90 valence electrons. The number of halogens is 1. The molecule has 0 amide bonds. The molecule has 5 heteroatoms. The monoisotopic (exact) mass is 253 g/mol. The lowest BCUT2D eigenvalue weighted by atomic mass is 9.98. The molecule has 0 heterocycles. The number of carboxylic acid groups (broad SMARTS) is 1. The van der Waals surface area contributed by atoms with Crippen LogP contribution in [0.1, 0.15) is 29.2 Å². The SMILES string of the molecule is N#Cc1cc(CCCCl)ccc1C(O)C(=O)O. The molecule has 0 radical (unpaired) electrons. The Bertz CT molecular complexity index is 454. The van der Waals surface area contributed by atoms with E-state index in [-0.39, 0.29) is 11.1 Å². The maximum Gasteiger partial charge on any atom is 0.337 e. The van der Waals surface area contributed by atoms with Crippen LogP contribution in [0.3, 0.4) is 0 Å². The molecule has 1 aromatic carbocycles. The van der Waals surface area contributed by atoms with Gasteiger partial charge < -0.3 is 10.2 Å². The summed E-state index contributed by atoms with van der Waals surface area (Å²) >= 11 is 5.57. The number of carboxylic acids is 1. The molecule has 0 saturated carbocycles. The molecule has 2 N–H and O–H groups in total. The molecule has 0 saturated heterocycles. The van der Waals surface area contributed by atoms with Crippen LogP contribution in [0, 0.1) is 11.3 Å². The Hall–Kier alpha value is -1.57. The summed E-state index contributed by atoms with van der Waals surface area (Å²) in [6, 6.07) is 6.66. The number of aryl methyl sites for hydroxylation is 1. The quantitative estimate of drug-likeness (QED) is 0.785. The predicted molar refractivity (Wildman–Crippen MR) is 62.8 cm³/mol.